The number of nitrogens with one attached hydrogen (secondary N) is 3. The summed E-state index contributed by atoms with van der Waals surface area (Å²) in [4.78, 5) is 53.2. The number of benzene rings is 4. The maximum absolute atomic E-state index is 13.8. The monoisotopic (exact) mass is 665 g/mol. The summed E-state index contributed by atoms with van der Waals surface area (Å²) in [7, 11) is 0. The fourth-order valence-corrected chi connectivity index (χ4v) is 6.69. The molecule has 0 saturated heterocycles. The maximum atomic E-state index is 13.8. The summed E-state index contributed by atoms with van der Waals surface area (Å²) in [6.45, 7) is 3.88. The number of ether oxygens (including phenoxy) is 1. The molecular formula is C38H39N3O6S. The number of carbonyl (C=O) groups excluding carboxylic acids is 3. The molecule has 5 rings (SSSR count). The SMILES string of the molecule is CC(C)C[C@H](NC(=O)[C@H](Cc1ccccc1)NC(=O)OCC1c2ccccc2-c2ccccc21)C(=O)NC(Sc1ccccc1)C(=O)O. The van der Waals surface area contributed by atoms with Crippen LogP contribution in [-0.4, -0.2) is 53.0 Å². The molecule has 0 radical (unpaired) electrons. The number of carbonyl (C=O) groups is 4. The molecule has 1 aliphatic carbocycles. The summed E-state index contributed by atoms with van der Waals surface area (Å²) in [6.07, 6.45) is -0.361. The lowest BCUT2D eigenvalue weighted by Crippen LogP contribution is -2.56. The first kappa shape index (κ1) is 34.3. The van der Waals surface area contributed by atoms with Gasteiger partial charge in [0.25, 0.3) is 0 Å². The number of hydrogen-bond donors (Lipinski definition) is 4. The van der Waals surface area contributed by atoms with E-state index in [9.17, 15) is 24.3 Å². The van der Waals surface area contributed by atoms with Crippen LogP contribution in [0.2, 0.25) is 0 Å². The number of carboxylic acid groups (broad SMARTS) is 1. The Morgan fingerprint density at radius 3 is 1.83 bits per heavy atom. The topological polar surface area (TPSA) is 134 Å². The van der Waals surface area contributed by atoms with Crippen LogP contribution < -0.4 is 16.0 Å². The molecule has 4 N–H and O–H groups in total. The molecule has 0 heterocycles. The molecule has 4 aromatic carbocycles. The van der Waals surface area contributed by atoms with Crippen LogP contribution in [-0.2, 0) is 25.5 Å². The van der Waals surface area contributed by atoms with Crippen LogP contribution in [0.1, 0.15) is 42.9 Å². The van der Waals surface area contributed by atoms with Crippen molar-refractivity contribution >= 4 is 35.6 Å². The molecule has 1 aliphatic rings. The molecule has 0 saturated carbocycles. The average molecular weight is 666 g/mol. The van der Waals surface area contributed by atoms with E-state index in [0.717, 1.165) is 39.6 Å². The molecule has 9 nitrogen and oxygen atoms in total. The molecule has 0 aromatic heterocycles. The summed E-state index contributed by atoms with van der Waals surface area (Å²) in [5, 5.41) is 16.6. The molecule has 3 atom stereocenters. The molecule has 0 spiro atoms. The van der Waals surface area contributed by atoms with Crippen LogP contribution in [0.3, 0.4) is 0 Å². The van der Waals surface area contributed by atoms with Crippen molar-refractivity contribution in [1.29, 1.82) is 0 Å². The quantitative estimate of drug-likeness (QED) is 0.0961. The smallest absolute Gasteiger partial charge is 0.407 e. The third-order valence-corrected chi connectivity index (χ3v) is 9.17. The number of rotatable bonds is 14. The van der Waals surface area contributed by atoms with E-state index in [-0.39, 0.29) is 31.3 Å². The number of hydrogen-bond acceptors (Lipinski definition) is 6. The van der Waals surface area contributed by atoms with E-state index in [2.05, 4.69) is 28.1 Å². The van der Waals surface area contributed by atoms with E-state index in [1.54, 1.807) is 24.3 Å². The zero-order valence-corrected chi connectivity index (χ0v) is 27.6. The van der Waals surface area contributed by atoms with Crippen molar-refractivity contribution in [1.82, 2.24) is 16.0 Å². The third-order valence-electron chi connectivity index (χ3n) is 8.07. The predicted molar refractivity (Wildman–Crippen MR) is 185 cm³/mol. The highest BCUT2D eigenvalue weighted by Gasteiger charge is 2.32. The van der Waals surface area contributed by atoms with Gasteiger partial charge in [-0.1, -0.05) is 123 Å². The van der Waals surface area contributed by atoms with Gasteiger partial charge in [-0.3, -0.25) is 9.59 Å². The van der Waals surface area contributed by atoms with Crippen LogP contribution in [0.25, 0.3) is 11.1 Å². The number of fused-ring (bicyclic) bond motifs is 3. The Kier molecular flexibility index (Phi) is 11.5. The van der Waals surface area contributed by atoms with Gasteiger partial charge in [0, 0.05) is 17.2 Å². The lowest BCUT2D eigenvalue weighted by Gasteiger charge is -2.25. The largest absolute Gasteiger partial charge is 0.479 e. The van der Waals surface area contributed by atoms with Gasteiger partial charge in [-0.25, -0.2) is 9.59 Å². The van der Waals surface area contributed by atoms with Gasteiger partial charge in [-0.2, -0.15) is 0 Å². The lowest BCUT2D eigenvalue weighted by molar-refractivity contribution is -0.139. The molecule has 10 heteroatoms. The van der Waals surface area contributed by atoms with Gasteiger partial charge < -0.3 is 25.8 Å². The van der Waals surface area contributed by atoms with Gasteiger partial charge in [-0.05, 0) is 52.3 Å². The van der Waals surface area contributed by atoms with Crippen molar-refractivity contribution in [3.05, 3.63) is 126 Å². The minimum atomic E-state index is -1.27. The van der Waals surface area contributed by atoms with E-state index in [1.165, 1.54) is 0 Å². The van der Waals surface area contributed by atoms with E-state index < -0.39 is 41.3 Å². The van der Waals surface area contributed by atoms with Crippen molar-refractivity contribution in [2.75, 3.05) is 6.61 Å². The second-order valence-electron chi connectivity index (χ2n) is 12.1. The van der Waals surface area contributed by atoms with Crippen LogP contribution in [0.15, 0.2) is 114 Å². The third kappa shape index (κ3) is 8.83. The molecule has 4 aromatic rings. The standard InChI is InChI=1S/C38H39N3O6S/c1-24(2)21-32(35(43)41-36(37(44)45)48-26-15-7-4-8-16-26)39-34(42)33(22-25-13-5-3-6-14-25)40-38(46)47-23-31-29-19-11-9-17-27(29)28-18-10-12-20-30(28)31/h3-20,24,31-33,36H,21-23H2,1-2H3,(H,39,42)(H,40,46)(H,41,43)(H,44,45)/t32-,33-,36?/m0/s1. The number of aliphatic carboxylic acids is 1. The van der Waals surface area contributed by atoms with E-state index in [1.807, 2.05) is 86.6 Å². The second-order valence-corrected chi connectivity index (χ2v) is 13.2. The fourth-order valence-electron chi connectivity index (χ4n) is 5.82. The highest BCUT2D eigenvalue weighted by Crippen LogP contribution is 2.44. The van der Waals surface area contributed by atoms with Crippen molar-refractivity contribution in [2.45, 2.75) is 55.0 Å². The van der Waals surface area contributed by atoms with Crippen molar-refractivity contribution in [2.24, 2.45) is 5.92 Å². The highest BCUT2D eigenvalue weighted by molar-refractivity contribution is 8.00. The molecule has 0 bridgehead atoms. The maximum Gasteiger partial charge on any atom is 0.407 e. The molecule has 3 amide bonds. The minimum absolute atomic E-state index is 0.00577. The predicted octanol–water partition coefficient (Wildman–Crippen LogP) is 5.99. The number of thioether (sulfide) groups is 1. The van der Waals surface area contributed by atoms with Crippen LogP contribution in [0, 0.1) is 5.92 Å². The molecule has 0 fully saturated rings. The van der Waals surface area contributed by atoms with Crippen LogP contribution in [0.5, 0.6) is 0 Å². The van der Waals surface area contributed by atoms with Crippen LogP contribution in [0.4, 0.5) is 4.79 Å². The Balaban J connectivity index is 1.28. The normalized spacial score (nSPS) is 13.8. The molecular weight excluding hydrogens is 627 g/mol. The number of carboxylic acids is 1. The van der Waals surface area contributed by atoms with E-state index in [4.69, 9.17) is 4.74 Å². The average Bonchev–Trinajstić information content (AvgIpc) is 3.40. The Morgan fingerprint density at radius 1 is 0.708 bits per heavy atom. The van der Waals surface area contributed by atoms with Crippen molar-refractivity contribution in [3.8, 4) is 11.1 Å². The van der Waals surface area contributed by atoms with E-state index >= 15 is 0 Å². The molecule has 1 unspecified atom stereocenters. The van der Waals surface area contributed by atoms with Crippen molar-refractivity contribution < 1.29 is 29.0 Å². The van der Waals surface area contributed by atoms with Crippen LogP contribution >= 0.6 is 11.8 Å². The fraction of sp³-hybridized carbons (Fsp3) is 0.263. The van der Waals surface area contributed by atoms with Gasteiger partial charge in [0.05, 0.1) is 0 Å². The first-order valence-electron chi connectivity index (χ1n) is 15.9. The number of amides is 3. The van der Waals surface area contributed by atoms with E-state index in [0.29, 0.717) is 4.90 Å². The first-order valence-corrected chi connectivity index (χ1v) is 16.8. The number of alkyl carbamates (subject to hydrolysis) is 1. The van der Waals surface area contributed by atoms with Gasteiger partial charge in [0.2, 0.25) is 11.8 Å². The Hall–Kier alpha value is -5.09. The zero-order valence-electron chi connectivity index (χ0n) is 26.8. The first-order chi connectivity index (χ1) is 23.2. The summed E-state index contributed by atoms with van der Waals surface area (Å²) in [5.74, 6) is -2.60. The summed E-state index contributed by atoms with van der Waals surface area (Å²) >= 11 is 0.986. The Bertz CT molecular complexity index is 1690. The Morgan fingerprint density at radius 2 is 1.25 bits per heavy atom. The molecule has 0 aliphatic heterocycles. The summed E-state index contributed by atoms with van der Waals surface area (Å²) < 4.78 is 5.73. The van der Waals surface area contributed by atoms with Gasteiger partial charge in [0.1, 0.15) is 18.7 Å². The summed E-state index contributed by atoms with van der Waals surface area (Å²) in [6, 6.07) is 32.0. The highest BCUT2D eigenvalue weighted by atomic mass is 32.2. The Labute approximate surface area is 284 Å². The molecule has 48 heavy (non-hydrogen) atoms. The lowest BCUT2D eigenvalue weighted by atomic mass is 9.98. The minimum Gasteiger partial charge on any atom is -0.479 e. The van der Waals surface area contributed by atoms with Gasteiger partial charge in [-0.15, -0.1) is 0 Å². The van der Waals surface area contributed by atoms with Gasteiger partial charge in [0.15, 0.2) is 5.37 Å². The second kappa shape index (κ2) is 16.1. The summed E-state index contributed by atoms with van der Waals surface area (Å²) in [5.41, 5.74) is 5.14. The van der Waals surface area contributed by atoms with Crippen molar-refractivity contribution in [3.63, 3.8) is 0 Å². The molecule has 248 valence electrons. The zero-order chi connectivity index (χ0) is 34.0. The van der Waals surface area contributed by atoms with Gasteiger partial charge >= 0.3 is 12.1 Å².